The molecule has 0 saturated carbocycles. The maximum atomic E-state index is 12.0. The normalized spacial score (nSPS) is 25.7. The van der Waals surface area contributed by atoms with E-state index in [1.165, 1.54) is 5.57 Å². The van der Waals surface area contributed by atoms with Crippen LogP contribution < -0.4 is 0 Å². The molecule has 1 atom stereocenters. The summed E-state index contributed by atoms with van der Waals surface area (Å²) in [5.41, 5.74) is 0.892. The van der Waals surface area contributed by atoms with Crippen LogP contribution in [0.1, 0.15) is 47.5 Å². The zero-order valence-corrected chi connectivity index (χ0v) is 13.8. The molecule has 0 aromatic carbocycles. The molecule has 1 amide bonds. The van der Waals surface area contributed by atoms with E-state index >= 15 is 0 Å². The van der Waals surface area contributed by atoms with Crippen molar-refractivity contribution in [1.29, 1.82) is 0 Å². The lowest BCUT2D eigenvalue weighted by atomic mass is 10.0. The van der Waals surface area contributed by atoms with E-state index in [1.54, 1.807) is 4.90 Å². The molecular formula is C16H27NO4. The van der Waals surface area contributed by atoms with Crippen molar-refractivity contribution in [2.24, 2.45) is 0 Å². The summed E-state index contributed by atoms with van der Waals surface area (Å²) >= 11 is 0. The van der Waals surface area contributed by atoms with Crippen LogP contribution >= 0.6 is 0 Å². The summed E-state index contributed by atoms with van der Waals surface area (Å²) in [5, 5.41) is 0. The van der Waals surface area contributed by atoms with Crippen LogP contribution in [0.25, 0.3) is 0 Å². The first kappa shape index (κ1) is 16.3. The summed E-state index contributed by atoms with van der Waals surface area (Å²) < 4.78 is 16.8. The van der Waals surface area contributed by atoms with Gasteiger partial charge in [-0.25, -0.2) is 4.79 Å². The number of amides is 1. The third-order valence-electron chi connectivity index (χ3n) is 3.51. The van der Waals surface area contributed by atoms with Gasteiger partial charge in [0.25, 0.3) is 0 Å². The van der Waals surface area contributed by atoms with Crippen LogP contribution in [0.2, 0.25) is 0 Å². The van der Waals surface area contributed by atoms with Crippen molar-refractivity contribution in [3.8, 4) is 0 Å². The third kappa shape index (κ3) is 5.00. The van der Waals surface area contributed by atoms with Crippen LogP contribution in [-0.4, -0.2) is 48.2 Å². The van der Waals surface area contributed by atoms with Crippen molar-refractivity contribution in [2.45, 2.75) is 65.0 Å². The molecular weight excluding hydrogens is 270 g/mol. The van der Waals surface area contributed by atoms with Gasteiger partial charge in [-0.15, -0.1) is 0 Å². The molecule has 1 fully saturated rings. The van der Waals surface area contributed by atoms with E-state index in [2.05, 4.69) is 6.08 Å². The zero-order valence-electron chi connectivity index (χ0n) is 13.8. The molecule has 2 heterocycles. The number of nitrogens with zero attached hydrogens (tertiary/aromatic N) is 1. The van der Waals surface area contributed by atoms with E-state index < -0.39 is 11.4 Å². The standard InChI is InChI=1S/C16H27NO4/c1-15(2,3)21-14(18)17-8-6-12(7-9-17)10-13-11-19-16(4,5)20-13/h6,13H,7-11H2,1-5H3. The van der Waals surface area contributed by atoms with Crippen molar-refractivity contribution in [1.82, 2.24) is 4.90 Å². The SMILES string of the molecule is CC(C)(C)OC(=O)N1CC=C(CC2COC(C)(C)O2)CC1. The van der Waals surface area contributed by atoms with E-state index in [1.807, 2.05) is 34.6 Å². The molecule has 0 bridgehead atoms. The number of carbonyl (C=O) groups excluding carboxylic acids is 1. The molecule has 0 aromatic rings. The Morgan fingerprint density at radius 3 is 2.67 bits per heavy atom. The zero-order chi connectivity index (χ0) is 15.7. The highest BCUT2D eigenvalue weighted by molar-refractivity contribution is 5.68. The minimum absolute atomic E-state index is 0.124. The maximum absolute atomic E-state index is 12.0. The summed E-state index contributed by atoms with van der Waals surface area (Å²) in [4.78, 5) is 13.7. The summed E-state index contributed by atoms with van der Waals surface area (Å²) in [6.45, 7) is 11.5. The monoisotopic (exact) mass is 297 g/mol. The van der Waals surface area contributed by atoms with Gasteiger partial charge in [0.05, 0.1) is 12.7 Å². The average Bonchev–Trinajstić information content (AvgIpc) is 2.67. The molecule has 0 aromatic heterocycles. The van der Waals surface area contributed by atoms with Crippen molar-refractivity contribution in [3.63, 3.8) is 0 Å². The second kappa shape index (κ2) is 5.97. The van der Waals surface area contributed by atoms with Crippen LogP contribution in [0, 0.1) is 0 Å². The molecule has 120 valence electrons. The molecule has 0 radical (unpaired) electrons. The predicted molar refractivity (Wildman–Crippen MR) is 80.0 cm³/mol. The first-order valence-corrected chi connectivity index (χ1v) is 7.62. The minimum Gasteiger partial charge on any atom is -0.444 e. The van der Waals surface area contributed by atoms with Crippen molar-refractivity contribution in [2.75, 3.05) is 19.7 Å². The van der Waals surface area contributed by atoms with Gasteiger partial charge in [0.1, 0.15) is 5.60 Å². The Hall–Kier alpha value is -1.07. The quantitative estimate of drug-likeness (QED) is 0.735. The molecule has 5 nitrogen and oxygen atoms in total. The second-order valence-corrected chi connectivity index (χ2v) is 7.19. The number of rotatable bonds is 2. The Morgan fingerprint density at radius 2 is 2.19 bits per heavy atom. The molecule has 2 aliphatic heterocycles. The number of carbonyl (C=O) groups is 1. The summed E-state index contributed by atoms with van der Waals surface area (Å²) in [6.07, 6.45) is 3.76. The highest BCUT2D eigenvalue weighted by atomic mass is 16.7. The maximum Gasteiger partial charge on any atom is 0.410 e. The topological polar surface area (TPSA) is 48.0 Å². The molecule has 1 unspecified atom stereocenters. The smallest absolute Gasteiger partial charge is 0.410 e. The fourth-order valence-corrected chi connectivity index (χ4v) is 2.54. The molecule has 0 spiro atoms. The number of ether oxygens (including phenoxy) is 3. The molecule has 0 N–H and O–H groups in total. The van der Waals surface area contributed by atoms with E-state index in [0.29, 0.717) is 19.7 Å². The van der Waals surface area contributed by atoms with E-state index in [4.69, 9.17) is 14.2 Å². The van der Waals surface area contributed by atoms with E-state index in [9.17, 15) is 4.79 Å². The summed E-state index contributed by atoms with van der Waals surface area (Å²) in [6, 6.07) is 0. The highest BCUT2D eigenvalue weighted by Gasteiger charge is 2.33. The van der Waals surface area contributed by atoms with Gasteiger partial charge in [-0.3, -0.25) is 0 Å². The Kier molecular flexibility index (Phi) is 4.63. The Morgan fingerprint density at radius 1 is 1.48 bits per heavy atom. The average molecular weight is 297 g/mol. The van der Waals surface area contributed by atoms with Gasteiger partial charge in [0, 0.05) is 13.1 Å². The van der Waals surface area contributed by atoms with Gasteiger partial charge >= 0.3 is 6.09 Å². The minimum atomic E-state index is -0.470. The fourth-order valence-electron chi connectivity index (χ4n) is 2.54. The lowest BCUT2D eigenvalue weighted by molar-refractivity contribution is -0.138. The third-order valence-corrected chi connectivity index (χ3v) is 3.51. The van der Waals surface area contributed by atoms with Crippen LogP contribution in [0.5, 0.6) is 0 Å². The fraction of sp³-hybridized carbons (Fsp3) is 0.812. The number of hydrogen-bond acceptors (Lipinski definition) is 4. The van der Waals surface area contributed by atoms with Gasteiger partial charge in [0.15, 0.2) is 5.79 Å². The molecule has 2 aliphatic rings. The first-order valence-electron chi connectivity index (χ1n) is 7.62. The van der Waals surface area contributed by atoms with Crippen molar-refractivity contribution < 1.29 is 19.0 Å². The largest absolute Gasteiger partial charge is 0.444 e. The lowest BCUT2D eigenvalue weighted by Crippen LogP contribution is -2.39. The van der Waals surface area contributed by atoms with Crippen LogP contribution in [0.4, 0.5) is 4.79 Å². The van der Waals surface area contributed by atoms with Gasteiger partial charge in [-0.1, -0.05) is 11.6 Å². The van der Waals surface area contributed by atoms with Crippen LogP contribution in [-0.2, 0) is 14.2 Å². The van der Waals surface area contributed by atoms with Gasteiger partial charge in [0.2, 0.25) is 0 Å². The first-order chi connectivity index (χ1) is 9.65. The van der Waals surface area contributed by atoms with Crippen molar-refractivity contribution in [3.05, 3.63) is 11.6 Å². The Balaban J connectivity index is 1.81. The molecule has 0 aliphatic carbocycles. The van der Waals surface area contributed by atoms with Gasteiger partial charge in [-0.05, 0) is 47.5 Å². The van der Waals surface area contributed by atoms with Crippen molar-refractivity contribution >= 4 is 6.09 Å². The molecule has 5 heteroatoms. The highest BCUT2D eigenvalue weighted by Crippen LogP contribution is 2.28. The number of hydrogen-bond donors (Lipinski definition) is 0. The van der Waals surface area contributed by atoms with Crippen LogP contribution in [0.3, 0.4) is 0 Å². The lowest BCUT2D eigenvalue weighted by Gasteiger charge is -2.30. The van der Waals surface area contributed by atoms with E-state index in [0.717, 1.165) is 12.8 Å². The molecule has 1 saturated heterocycles. The summed E-state index contributed by atoms with van der Waals surface area (Å²) in [5.74, 6) is -0.470. The second-order valence-electron chi connectivity index (χ2n) is 7.19. The van der Waals surface area contributed by atoms with E-state index in [-0.39, 0.29) is 12.2 Å². The molecule has 21 heavy (non-hydrogen) atoms. The predicted octanol–water partition coefficient (Wildman–Crippen LogP) is 3.10. The van der Waals surface area contributed by atoms with Crippen LogP contribution in [0.15, 0.2) is 11.6 Å². The Labute approximate surface area is 127 Å². The summed E-state index contributed by atoms with van der Waals surface area (Å²) in [7, 11) is 0. The van der Waals surface area contributed by atoms with Gasteiger partial charge < -0.3 is 19.1 Å². The molecule has 2 rings (SSSR count). The Bertz CT molecular complexity index is 422. The van der Waals surface area contributed by atoms with Gasteiger partial charge in [-0.2, -0.15) is 0 Å².